The molecule has 0 amide bonds. The summed E-state index contributed by atoms with van der Waals surface area (Å²) >= 11 is 0. The topological polar surface area (TPSA) is 92.9 Å². The van der Waals surface area contributed by atoms with E-state index in [1.54, 1.807) is 11.9 Å². The highest BCUT2D eigenvalue weighted by atomic mass is 16.6. The van der Waals surface area contributed by atoms with E-state index in [1.165, 1.54) is 18.2 Å². The molecular weight excluding hydrogens is 276 g/mol. The lowest BCUT2D eigenvalue weighted by Gasteiger charge is -2.36. The molecule has 0 radical (unpaired) electrons. The maximum atomic E-state index is 11.1. The molecule has 0 aromatic heterocycles. The third kappa shape index (κ3) is 3.56. The van der Waals surface area contributed by atoms with Crippen molar-refractivity contribution in [3.05, 3.63) is 33.9 Å². The summed E-state index contributed by atoms with van der Waals surface area (Å²) in [5, 5.41) is 21.6. The number of nitro groups is 1. The van der Waals surface area contributed by atoms with Gasteiger partial charge in [-0.2, -0.15) is 0 Å². The van der Waals surface area contributed by atoms with Crippen molar-refractivity contribution in [3.8, 4) is 0 Å². The van der Waals surface area contributed by atoms with E-state index in [2.05, 4.69) is 0 Å². The Morgan fingerprint density at radius 3 is 2.71 bits per heavy atom. The average molecular weight is 294 g/mol. The number of anilines is 1. The third-order valence-corrected chi connectivity index (χ3v) is 3.70. The Morgan fingerprint density at radius 1 is 1.48 bits per heavy atom. The van der Waals surface area contributed by atoms with Crippen molar-refractivity contribution in [3.63, 3.8) is 0 Å². The molecule has 1 fully saturated rings. The number of likely N-dealkylation sites (N-methyl/N-ethyl adjacent to an activating group) is 1. The van der Waals surface area contributed by atoms with Crippen LogP contribution in [0.4, 0.5) is 11.4 Å². The zero-order valence-electron chi connectivity index (χ0n) is 11.8. The summed E-state index contributed by atoms with van der Waals surface area (Å²) in [4.78, 5) is 23.0. The monoisotopic (exact) mass is 294 g/mol. The molecular formula is C14H18N2O5. The molecule has 1 aromatic rings. The molecule has 1 aliphatic rings. The van der Waals surface area contributed by atoms with Gasteiger partial charge in [0, 0.05) is 51.3 Å². The van der Waals surface area contributed by atoms with Gasteiger partial charge in [-0.1, -0.05) is 0 Å². The number of aldehydes is 1. The van der Waals surface area contributed by atoms with Crippen LogP contribution in [-0.4, -0.2) is 48.7 Å². The van der Waals surface area contributed by atoms with Crippen LogP contribution in [0.25, 0.3) is 0 Å². The molecule has 1 N–H and O–H groups in total. The highest BCUT2D eigenvalue weighted by molar-refractivity contribution is 5.79. The van der Waals surface area contributed by atoms with Crippen molar-refractivity contribution in [2.75, 3.05) is 31.7 Å². The molecule has 1 heterocycles. The molecule has 0 bridgehead atoms. The first-order chi connectivity index (χ1) is 9.95. The Bertz CT molecular complexity index is 540. The largest absolute Gasteiger partial charge is 0.388 e. The van der Waals surface area contributed by atoms with Crippen molar-refractivity contribution >= 4 is 17.7 Å². The van der Waals surface area contributed by atoms with Gasteiger partial charge in [0.1, 0.15) is 12.0 Å². The molecule has 2 rings (SSSR count). The number of hydrogen-bond donors (Lipinski definition) is 1. The van der Waals surface area contributed by atoms with Gasteiger partial charge in [-0.3, -0.25) is 14.9 Å². The maximum absolute atomic E-state index is 11.1. The van der Waals surface area contributed by atoms with E-state index in [0.717, 1.165) is 0 Å². The maximum Gasteiger partial charge on any atom is 0.293 e. The molecule has 0 aliphatic carbocycles. The van der Waals surface area contributed by atoms with E-state index in [4.69, 9.17) is 4.74 Å². The number of aliphatic hydroxyl groups is 1. The Balaban J connectivity index is 2.23. The minimum absolute atomic E-state index is 0.141. The van der Waals surface area contributed by atoms with Crippen LogP contribution >= 0.6 is 0 Å². The zero-order chi connectivity index (χ0) is 15.5. The summed E-state index contributed by atoms with van der Waals surface area (Å²) in [5.74, 6) is 0. The summed E-state index contributed by atoms with van der Waals surface area (Å²) < 4.78 is 5.22. The Kier molecular flexibility index (Phi) is 4.54. The van der Waals surface area contributed by atoms with Gasteiger partial charge < -0.3 is 14.7 Å². The first kappa shape index (κ1) is 15.4. The van der Waals surface area contributed by atoms with Crippen LogP contribution in [0.1, 0.15) is 23.2 Å². The lowest BCUT2D eigenvalue weighted by molar-refractivity contribution is -0.384. The predicted molar refractivity (Wildman–Crippen MR) is 76.8 cm³/mol. The van der Waals surface area contributed by atoms with E-state index >= 15 is 0 Å². The fourth-order valence-corrected chi connectivity index (χ4v) is 2.52. The highest BCUT2D eigenvalue weighted by Gasteiger charge is 2.32. The Morgan fingerprint density at radius 2 is 2.14 bits per heavy atom. The van der Waals surface area contributed by atoms with Crippen LogP contribution in [0.15, 0.2) is 18.2 Å². The van der Waals surface area contributed by atoms with E-state index in [1.807, 2.05) is 0 Å². The lowest BCUT2D eigenvalue weighted by atomic mass is 9.93. The van der Waals surface area contributed by atoms with Crippen LogP contribution in [0.5, 0.6) is 0 Å². The van der Waals surface area contributed by atoms with Crippen molar-refractivity contribution in [2.24, 2.45) is 0 Å². The molecule has 114 valence electrons. The molecule has 1 aliphatic heterocycles. The Labute approximate surface area is 122 Å². The van der Waals surface area contributed by atoms with Crippen molar-refractivity contribution in [1.29, 1.82) is 0 Å². The molecule has 1 aromatic carbocycles. The molecule has 1 saturated heterocycles. The number of rotatable bonds is 5. The quantitative estimate of drug-likeness (QED) is 0.501. The lowest BCUT2D eigenvalue weighted by Crippen LogP contribution is -2.45. The minimum Gasteiger partial charge on any atom is -0.388 e. The second-order valence-electron chi connectivity index (χ2n) is 5.32. The van der Waals surface area contributed by atoms with Crippen molar-refractivity contribution < 1.29 is 19.6 Å². The number of nitrogens with zero attached hydrogens (tertiary/aromatic N) is 2. The Hall–Kier alpha value is -1.99. The van der Waals surface area contributed by atoms with Crippen LogP contribution < -0.4 is 4.90 Å². The zero-order valence-corrected chi connectivity index (χ0v) is 11.8. The predicted octanol–water partition coefficient (Wildman–Crippen LogP) is 1.38. The number of ether oxygens (including phenoxy) is 1. The van der Waals surface area contributed by atoms with E-state index in [0.29, 0.717) is 38.0 Å². The van der Waals surface area contributed by atoms with Gasteiger partial charge in [-0.25, -0.2) is 0 Å². The summed E-state index contributed by atoms with van der Waals surface area (Å²) in [6.07, 6.45) is 1.57. The van der Waals surface area contributed by atoms with Crippen LogP contribution in [0.2, 0.25) is 0 Å². The normalized spacial score (nSPS) is 17.2. The fraction of sp³-hybridized carbons (Fsp3) is 0.500. The van der Waals surface area contributed by atoms with Crippen molar-refractivity contribution in [2.45, 2.75) is 18.4 Å². The first-order valence-corrected chi connectivity index (χ1v) is 6.70. The number of nitro benzene ring substituents is 1. The van der Waals surface area contributed by atoms with Gasteiger partial charge in [0.25, 0.3) is 5.69 Å². The van der Waals surface area contributed by atoms with Gasteiger partial charge >= 0.3 is 0 Å². The number of hydrogen-bond acceptors (Lipinski definition) is 6. The summed E-state index contributed by atoms with van der Waals surface area (Å²) in [5.41, 5.74) is -0.420. The third-order valence-electron chi connectivity index (χ3n) is 3.70. The number of carbonyl (C=O) groups excluding carboxylic acids is 1. The first-order valence-electron chi connectivity index (χ1n) is 6.70. The SMILES string of the molecule is CN(CC1(O)CCOCC1)c1ccc(C=O)cc1[N+](=O)[O-]. The van der Waals surface area contributed by atoms with Gasteiger partial charge in [-0.05, 0) is 12.1 Å². The molecule has 0 saturated carbocycles. The van der Waals surface area contributed by atoms with Gasteiger partial charge in [-0.15, -0.1) is 0 Å². The summed E-state index contributed by atoms with van der Waals surface area (Å²) in [7, 11) is 1.69. The van der Waals surface area contributed by atoms with Gasteiger partial charge in [0.05, 0.1) is 10.5 Å². The van der Waals surface area contributed by atoms with Gasteiger partial charge in [0.2, 0.25) is 0 Å². The molecule has 0 atom stereocenters. The van der Waals surface area contributed by atoms with Crippen molar-refractivity contribution in [1.82, 2.24) is 0 Å². The molecule has 7 nitrogen and oxygen atoms in total. The minimum atomic E-state index is -0.913. The van der Waals surface area contributed by atoms with Crippen LogP contribution in [0.3, 0.4) is 0 Å². The molecule has 21 heavy (non-hydrogen) atoms. The molecule has 0 unspecified atom stereocenters. The van der Waals surface area contributed by atoms with E-state index in [-0.39, 0.29) is 17.8 Å². The molecule has 0 spiro atoms. The van der Waals surface area contributed by atoms with Crippen LogP contribution in [0, 0.1) is 10.1 Å². The second-order valence-corrected chi connectivity index (χ2v) is 5.32. The van der Waals surface area contributed by atoms with E-state index in [9.17, 15) is 20.0 Å². The fourth-order valence-electron chi connectivity index (χ4n) is 2.52. The van der Waals surface area contributed by atoms with Crippen LogP contribution in [-0.2, 0) is 4.74 Å². The second kappa shape index (κ2) is 6.19. The van der Waals surface area contributed by atoms with Gasteiger partial charge in [0.15, 0.2) is 0 Å². The average Bonchev–Trinajstić information content (AvgIpc) is 2.46. The molecule has 7 heteroatoms. The summed E-state index contributed by atoms with van der Waals surface area (Å²) in [6.45, 7) is 1.24. The smallest absolute Gasteiger partial charge is 0.293 e. The van der Waals surface area contributed by atoms with E-state index < -0.39 is 10.5 Å². The standard InChI is InChI=1S/C14H18N2O5/c1-15(10-14(18)4-6-21-7-5-14)12-3-2-11(9-17)8-13(12)16(19)20/h2-3,8-9,18H,4-7,10H2,1H3. The number of carbonyl (C=O) groups is 1. The highest BCUT2D eigenvalue weighted by Crippen LogP contribution is 2.31. The number of benzene rings is 1. The summed E-state index contributed by atoms with van der Waals surface area (Å²) in [6, 6.07) is 4.30.